The molecular formula is C12H7F9O3S. The number of thioether (sulfide) groups is 1. The molecule has 0 aliphatic heterocycles. The third-order valence-electron chi connectivity index (χ3n) is 2.64. The summed E-state index contributed by atoms with van der Waals surface area (Å²) in [5.74, 6) is -3.00. The highest BCUT2D eigenvalue weighted by Crippen LogP contribution is 2.44. The minimum Gasteiger partial charge on any atom is -0.458 e. The van der Waals surface area contributed by atoms with E-state index in [4.69, 9.17) is 5.11 Å². The molecule has 0 saturated heterocycles. The lowest BCUT2D eigenvalue weighted by Crippen LogP contribution is -2.62. The zero-order valence-electron chi connectivity index (χ0n) is 11.6. The summed E-state index contributed by atoms with van der Waals surface area (Å²) in [7, 11) is 0. The first-order valence-electron chi connectivity index (χ1n) is 5.95. The van der Waals surface area contributed by atoms with E-state index >= 15 is 0 Å². The van der Waals surface area contributed by atoms with Crippen LogP contribution in [-0.4, -0.2) is 34.5 Å². The fourth-order valence-electron chi connectivity index (χ4n) is 1.43. The Morgan fingerprint density at radius 3 is 1.72 bits per heavy atom. The van der Waals surface area contributed by atoms with Crippen molar-refractivity contribution < 1.29 is 54.2 Å². The minimum atomic E-state index is -6.38. The van der Waals surface area contributed by atoms with Gasteiger partial charge in [-0.25, -0.2) is 4.79 Å². The van der Waals surface area contributed by atoms with Crippen molar-refractivity contribution in [2.45, 2.75) is 35.0 Å². The van der Waals surface area contributed by atoms with Crippen molar-refractivity contribution in [3.63, 3.8) is 0 Å². The average molecular weight is 402 g/mol. The number of benzene rings is 1. The highest BCUT2D eigenvalue weighted by Gasteiger charge is 2.76. The summed E-state index contributed by atoms with van der Waals surface area (Å²) in [5.41, 5.74) is -10.5. The molecular weight excluding hydrogens is 395 g/mol. The van der Waals surface area contributed by atoms with Crippen molar-refractivity contribution in [1.82, 2.24) is 0 Å². The van der Waals surface area contributed by atoms with Crippen molar-refractivity contribution >= 4 is 17.7 Å². The van der Waals surface area contributed by atoms with Gasteiger partial charge in [-0.3, -0.25) is 0 Å². The average Bonchev–Trinajstić information content (AvgIpc) is 2.41. The molecule has 0 aromatic heterocycles. The number of ether oxygens (including phenoxy) is 1. The first kappa shape index (κ1) is 21.4. The van der Waals surface area contributed by atoms with Crippen LogP contribution in [0, 0.1) is 0 Å². The largest absolute Gasteiger partial charge is 0.458 e. The highest BCUT2D eigenvalue weighted by atomic mass is 32.2. The van der Waals surface area contributed by atoms with Crippen LogP contribution in [0.4, 0.5) is 39.5 Å². The smallest absolute Gasteiger partial charge is 0.446 e. The number of alkyl halides is 9. The monoisotopic (exact) mass is 402 g/mol. The van der Waals surface area contributed by atoms with Crippen LogP contribution in [0.1, 0.15) is 5.56 Å². The number of carbonyl (C=O) groups excluding carboxylic acids is 1. The fraction of sp³-hybridized carbons (Fsp3) is 0.417. The Kier molecular flexibility index (Phi) is 5.94. The molecule has 0 bridgehead atoms. The summed E-state index contributed by atoms with van der Waals surface area (Å²) in [6.45, 7) is -1.12. The van der Waals surface area contributed by atoms with Gasteiger partial charge in [0, 0.05) is 4.90 Å². The van der Waals surface area contributed by atoms with Gasteiger partial charge in [-0.15, -0.1) is 0 Å². The van der Waals surface area contributed by atoms with E-state index in [1.807, 2.05) is 0 Å². The van der Waals surface area contributed by atoms with Crippen LogP contribution in [-0.2, 0) is 16.1 Å². The lowest BCUT2D eigenvalue weighted by atomic mass is 10.0. The Morgan fingerprint density at radius 2 is 1.36 bits per heavy atom. The minimum absolute atomic E-state index is 0.188. The van der Waals surface area contributed by atoms with Crippen molar-refractivity contribution in [2.24, 2.45) is 0 Å². The number of halogens is 9. The van der Waals surface area contributed by atoms with Gasteiger partial charge in [0.2, 0.25) is 0 Å². The van der Waals surface area contributed by atoms with E-state index in [2.05, 4.69) is 4.74 Å². The zero-order chi connectivity index (χ0) is 19.7. The molecule has 25 heavy (non-hydrogen) atoms. The van der Waals surface area contributed by atoms with Crippen LogP contribution in [0.15, 0.2) is 29.2 Å². The summed E-state index contributed by atoms with van der Waals surface area (Å²) < 4.78 is 115. The van der Waals surface area contributed by atoms with Crippen molar-refractivity contribution in [1.29, 1.82) is 0 Å². The molecule has 1 aromatic carbocycles. The van der Waals surface area contributed by atoms with E-state index in [1.165, 1.54) is 0 Å². The van der Waals surface area contributed by atoms with Gasteiger partial charge in [0.1, 0.15) is 6.61 Å². The number of esters is 1. The van der Waals surface area contributed by atoms with Crippen LogP contribution in [0.25, 0.3) is 0 Å². The SMILES string of the molecule is O=C(OCc1ccc(SC(F)(F)F)cc1)C(O)(C(F)(F)F)C(F)(F)F. The lowest BCUT2D eigenvalue weighted by Gasteiger charge is -2.29. The highest BCUT2D eigenvalue weighted by molar-refractivity contribution is 8.00. The number of hydrogen-bond acceptors (Lipinski definition) is 4. The third kappa shape index (κ3) is 5.17. The van der Waals surface area contributed by atoms with Crippen LogP contribution >= 0.6 is 11.8 Å². The predicted molar refractivity (Wildman–Crippen MR) is 65.2 cm³/mol. The summed E-state index contributed by atoms with van der Waals surface area (Å²) in [5, 5.41) is 8.75. The van der Waals surface area contributed by atoms with Gasteiger partial charge in [-0.1, -0.05) is 12.1 Å². The Hall–Kier alpha value is -1.63. The molecule has 1 aromatic rings. The normalized spacial score (nSPS) is 13.7. The van der Waals surface area contributed by atoms with Gasteiger partial charge in [0.05, 0.1) is 0 Å². The zero-order valence-corrected chi connectivity index (χ0v) is 12.4. The number of aliphatic hydroxyl groups is 1. The molecule has 0 unspecified atom stereocenters. The molecule has 0 fully saturated rings. The van der Waals surface area contributed by atoms with E-state index in [0.29, 0.717) is 0 Å². The molecule has 0 amide bonds. The maximum atomic E-state index is 12.4. The summed E-state index contributed by atoms with van der Waals surface area (Å²) in [6, 6.07) is 3.56. The number of rotatable bonds is 4. The Labute approximate surface area is 137 Å². The van der Waals surface area contributed by atoms with E-state index in [1.54, 1.807) is 0 Å². The molecule has 0 aliphatic carbocycles. The second kappa shape index (κ2) is 6.94. The molecule has 0 atom stereocenters. The number of carbonyl (C=O) groups is 1. The molecule has 0 heterocycles. The second-order valence-corrected chi connectivity index (χ2v) is 5.61. The second-order valence-electron chi connectivity index (χ2n) is 4.47. The van der Waals surface area contributed by atoms with Crippen molar-refractivity contribution in [2.75, 3.05) is 0 Å². The Morgan fingerprint density at radius 1 is 0.920 bits per heavy atom. The topological polar surface area (TPSA) is 46.5 Å². The standard InChI is InChI=1S/C12H7F9O3S/c13-10(14,15)9(23,11(16,17)18)8(22)24-5-6-1-3-7(4-2-6)25-12(19,20)21/h1-4,23H,5H2. The number of hydrogen-bond donors (Lipinski definition) is 1. The van der Waals surface area contributed by atoms with E-state index < -0.39 is 47.8 Å². The van der Waals surface area contributed by atoms with Crippen molar-refractivity contribution in [3.8, 4) is 0 Å². The van der Waals surface area contributed by atoms with E-state index in [9.17, 15) is 44.3 Å². The van der Waals surface area contributed by atoms with Gasteiger partial charge in [-0.2, -0.15) is 39.5 Å². The maximum absolute atomic E-state index is 12.4. The Balaban J connectivity index is 2.85. The molecule has 0 aliphatic rings. The molecule has 1 N–H and O–H groups in total. The fourth-order valence-corrected chi connectivity index (χ4v) is 1.97. The van der Waals surface area contributed by atoms with Crippen LogP contribution in [0.3, 0.4) is 0 Å². The van der Waals surface area contributed by atoms with E-state index in [0.717, 1.165) is 24.3 Å². The van der Waals surface area contributed by atoms with Crippen LogP contribution in [0.5, 0.6) is 0 Å². The first-order valence-corrected chi connectivity index (χ1v) is 6.77. The molecule has 0 spiro atoms. The summed E-state index contributed by atoms with van der Waals surface area (Å²) >= 11 is -0.500. The molecule has 0 saturated carbocycles. The van der Waals surface area contributed by atoms with Crippen LogP contribution < -0.4 is 0 Å². The summed E-state index contributed by atoms with van der Waals surface area (Å²) in [6.07, 6.45) is -12.8. The molecule has 142 valence electrons. The van der Waals surface area contributed by atoms with Gasteiger partial charge >= 0.3 is 29.4 Å². The van der Waals surface area contributed by atoms with Crippen molar-refractivity contribution in [3.05, 3.63) is 29.8 Å². The van der Waals surface area contributed by atoms with Gasteiger partial charge < -0.3 is 9.84 Å². The van der Waals surface area contributed by atoms with Crippen LogP contribution in [0.2, 0.25) is 0 Å². The summed E-state index contributed by atoms with van der Waals surface area (Å²) in [4.78, 5) is 10.8. The van der Waals surface area contributed by atoms with Gasteiger partial charge in [0.15, 0.2) is 0 Å². The Bertz CT molecular complexity index is 590. The third-order valence-corrected chi connectivity index (χ3v) is 3.38. The van der Waals surface area contributed by atoms with Gasteiger partial charge in [0.25, 0.3) is 0 Å². The lowest BCUT2D eigenvalue weighted by molar-refractivity contribution is -0.357. The molecule has 0 radical (unpaired) electrons. The molecule has 13 heteroatoms. The molecule has 3 nitrogen and oxygen atoms in total. The van der Waals surface area contributed by atoms with Gasteiger partial charge in [-0.05, 0) is 29.5 Å². The molecule has 1 rings (SSSR count). The quantitative estimate of drug-likeness (QED) is 0.466. The first-order chi connectivity index (χ1) is 11.1. The van der Waals surface area contributed by atoms with E-state index in [-0.39, 0.29) is 10.5 Å². The predicted octanol–water partition coefficient (Wildman–Crippen LogP) is 4.20. The maximum Gasteiger partial charge on any atom is 0.446 e.